The lowest BCUT2D eigenvalue weighted by atomic mass is 9.87. The maximum atomic E-state index is 13.3. The summed E-state index contributed by atoms with van der Waals surface area (Å²) in [6, 6.07) is 16.5. The second kappa shape index (κ2) is 9.31. The van der Waals surface area contributed by atoms with E-state index in [0.29, 0.717) is 30.6 Å². The van der Waals surface area contributed by atoms with E-state index in [4.69, 9.17) is 0 Å². The Bertz CT molecular complexity index is 1420. The first kappa shape index (κ1) is 25.5. The van der Waals surface area contributed by atoms with Crippen molar-refractivity contribution in [2.24, 2.45) is 5.92 Å². The van der Waals surface area contributed by atoms with Gasteiger partial charge in [-0.3, -0.25) is 14.4 Å². The number of alkyl halides is 3. The summed E-state index contributed by atoms with van der Waals surface area (Å²) in [4.78, 5) is 39.3. The molecule has 2 amide bonds. The Hall–Kier alpha value is -4.14. The molecule has 3 aromatic rings. The molecule has 2 atom stereocenters. The molecule has 1 heterocycles. The third-order valence-corrected chi connectivity index (χ3v) is 7.71. The van der Waals surface area contributed by atoms with E-state index in [1.54, 1.807) is 29.2 Å². The second-order valence-corrected chi connectivity index (χ2v) is 10.0. The molecule has 3 aromatic carbocycles. The van der Waals surface area contributed by atoms with Crippen molar-refractivity contribution in [2.45, 2.75) is 44.4 Å². The Morgan fingerprint density at radius 1 is 1.00 bits per heavy atom. The first-order valence-electron chi connectivity index (χ1n) is 12.2. The van der Waals surface area contributed by atoms with Crippen LogP contribution in [0.1, 0.15) is 58.0 Å². The van der Waals surface area contributed by atoms with Gasteiger partial charge in [0.05, 0.1) is 17.0 Å². The molecule has 2 N–H and O–H groups in total. The average molecular weight is 523 g/mol. The van der Waals surface area contributed by atoms with Gasteiger partial charge in [-0.2, -0.15) is 13.2 Å². The van der Waals surface area contributed by atoms with Gasteiger partial charge in [0.2, 0.25) is 0 Å². The van der Waals surface area contributed by atoms with Crippen LogP contribution in [-0.2, 0) is 17.5 Å². The largest absolute Gasteiger partial charge is 0.481 e. The zero-order valence-corrected chi connectivity index (χ0v) is 20.5. The highest BCUT2D eigenvalue weighted by molar-refractivity contribution is 6.04. The second-order valence-electron chi connectivity index (χ2n) is 10.0. The fraction of sp³-hybridized carbons (Fsp3) is 0.276. The third kappa shape index (κ3) is 4.53. The van der Waals surface area contributed by atoms with Crippen molar-refractivity contribution in [3.63, 3.8) is 0 Å². The van der Waals surface area contributed by atoms with E-state index in [-0.39, 0.29) is 11.5 Å². The predicted molar refractivity (Wildman–Crippen MR) is 135 cm³/mol. The maximum absolute atomic E-state index is 13.3. The molecule has 1 fully saturated rings. The Kier molecular flexibility index (Phi) is 6.25. The molecule has 196 valence electrons. The highest BCUT2D eigenvalue weighted by atomic mass is 19.4. The van der Waals surface area contributed by atoms with Crippen LogP contribution >= 0.6 is 0 Å². The van der Waals surface area contributed by atoms with Crippen LogP contribution in [0.4, 0.5) is 18.9 Å². The number of benzene rings is 3. The molecule has 5 rings (SSSR count). The number of nitrogens with one attached hydrogen (secondary N) is 1. The van der Waals surface area contributed by atoms with Gasteiger partial charge < -0.3 is 15.3 Å². The number of carbonyl (C=O) groups excluding carboxylic acids is 2. The average Bonchev–Trinajstić information content (AvgIpc) is 3.44. The van der Waals surface area contributed by atoms with E-state index < -0.39 is 35.1 Å². The van der Waals surface area contributed by atoms with Crippen molar-refractivity contribution in [2.75, 3.05) is 5.32 Å². The number of carbonyl (C=O) groups is 3. The summed E-state index contributed by atoms with van der Waals surface area (Å²) in [5.41, 5.74) is 2.03. The number of aliphatic carboxylic acids is 1. The van der Waals surface area contributed by atoms with Crippen LogP contribution in [-0.4, -0.2) is 33.3 Å². The lowest BCUT2D eigenvalue weighted by Gasteiger charge is -2.38. The SMILES string of the molecule is C[C@@]1(N2Cc3ccc(-c4ccc(NC(=O)c5ccc(C(F)(F)F)cc5)cc4)cc3C2=O)CCC[C@@H]1C(=O)O. The van der Waals surface area contributed by atoms with Gasteiger partial charge in [0.25, 0.3) is 11.8 Å². The molecule has 0 unspecified atom stereocenters. The van der Waals surface area contributed by atoms with E-state index in [0.717, 1.165) is 47.4 Å². The summed E-state index contributed by atoms with van der Waals surface area (Å²) < 4.78 is 38.2. The normalized spacial score (nSPS) is 20.9. The predicted octanol–water partition coefficient (Wildman–Crippen LogP) is 6.22. The van der Waals surface area contributed by atoms with Crippen LogP contribution in [0.3, 0.4) is 0 Å². The Morgan fingerprint density at radius 2 is 1.66 bits per heavy atom. The van der Waals surface area contributed by atoms with Gasteiger partial charge in [0, 0.05) is 23.4 Å². The molecule has 38 heavy (non-hydrogen) atoms. The van der Waals surface area contributed by atoms with Crippen molar-refractivity contribution >= 4 is 23.5 Å². The summed E-state index contributed by atoms with van der Waals surface area (Å²) >= 11 is 0. The standard InChI is InChI=1S/C29H25F3N2O4/c1-28(14-2-3-24(28)27(37)38)34-16-20-5-4-19(15-23(20)26(34)36)17-8-12-22(13-9-17)33-25(35)18-6-10-21(11-7-18)29(30,31)32/h4-13,15,24H,2-3,14,16H2,1H3,(H,33,35)(H,37,38)/t24-,28-/m1/s1. The molecule has 0 saturated heterocycles. The Labute approximate surface area is 217 Å². The number of halogens is 3. The van der Waals surface area contributed by atoms with Crippen molar-refractivity contribution in [1.82, 2.24) is 4.90 Å². The van der Waals surface area contributed by atoms with Gasteiger partial charge in [-0.05, 0) is 78.9 Å². The molecule has 0 aromatic heterocycles. The van der Waals surface area contributed by atoms with Crippen LogP contribution in [0.15, 0.2) is 66.7 Å². The van der Waals surface area contributed by atoms with Crippen molar-refractivity contribution in [1.29, 1.82) is 0 Å². The van der Waals surface area contributed by atoms with Crippen LogP contribution < -0.4 is 5.32 Å². The molecule has 1 aliphatic carbocycles. The van der Waals surface area contributed by atoms with E-state index in [2.05, 4.69) is 5.32 Å². The monoisotopic (exact) mass is 522 g/mol. The zero-order valence-electron chi connectivity index (χ0n) is 20.5. The minimum atomic E-state index is -4.47. The van der Waals surface area contributed by atoms with E-state index >= 15 is 0 Å². The first-order chi connectivity index (χ1) is 18.0. The number of carboxylic acid groups (broad SMARTS) is 1. The zero-order chi connectivity index (χ0) is 27.2. The van der Waals surface area contributed by atoms with E-state index in [1.807, 2.05) is 25.1 Å². The van der Waals surface area contributed by atoms with Gasteiger partial charge in [-0.1, -0.05) is 30.7 Å². The molecule has 2 aliphatic rings. The molecular formula is C29H25F3N2O4. The van der Waals surface area contributed by atoms with Crippen molar-refractivity contribution in [3.05, 3.63) is 89.0 Å². The quantitative estimate of drug-likeness (QED) is 0.416. The Balaban J connectivity index is 1.30. The number of carboxylic acids is 1. The van der Waals surface area contributed by atoms with Crippen molar-refractivity contribution in [3.8, 4) is 11.1 Å². The molecule has 9 heteroatoms. The number of nitrogens with zero attached hydrogens (tertiary/aromatic N) is 1. The fourth-order valence-corrected chi connectivity index (χ4v) is 5.51. The van der Waals surface area contributed by atoms with Gasteiger partial charge in [-0.15, -0.1) is 0 Å². The van der Waals surface area contributed by atoms with Crippen molar-refractivity contribution < 1.29 is 32.7 Å². The summed E-state index contributed by atoms with van der Waals surface area (Å²) in [7, 11) is 0. The smallest absolute Gasteiger partial charge is 0.416 e. The molecule has 1 saturated carbocycles. The fourth-order valence-electron chi connectivity index (χ4n) is 5.51. The van der Waals surface area contributed by atoms with Crippen LogP contribution in [0, 0.1) is 5.92 Å². The van der Waals surface area contributed by atoms with E-state index in [9.17, 15) is 32.7 Å². The molecule has 0 radical (unpaired) electrons. The number of anilines is 1. The third-order valence-electron chi connectivity index (χ3n) is 7.71. The minimum absolute atomic E-state index is 0.102. The number of fused-ring (bicyclic) bond motifs is 1. The number of hydrogen-bond donors (Lipinski definition) is 2. The molecule has 6 nitrogen and oxygen atoms in total. The minimum Gasteiger partial charge on any atom is -0.481 e. The summed E-state index contributed by atoms with van der Waals surface area (Å²) in [5, 5.41) is 12.4. The first-order valence-corrected chi connectivity index (χ1v) is 12.2. The summed E-state index contributed by atoms with van der Waals surface area (Å²) in [5.74, 6) is -2.17. The lowest BCUT2D eigenvalue weighted by molar-refractivity contribution is -0.145. The van der Waals surface area contributed by atoms with Crippen LogP contribution in [0.5, 0.6) is 0 Å². The molecule has 0 spiro atoms. The summed E-state index contributed by atoms with van der Waals surface area (Å²) in [6.45, 7) is 2.24. The number of rotatable bonds is 5. The van der Waals surface area contributed by atoms with E-state index in [1.165, 1.54) is 0 Å². The summed E-state index contributed by atoms with van der Waals surface area (Å²) in [6.07, 6.45) is -2.50. The highest BCUT2D eigenvalue weighted by Gasteiger charge is 2.51. The van der Waals surface area contributed by atoms with Crippen LogP contribution in [0.2, 0.25) is 0 Å². The molecule has 1 aliphatic heterocycles. The molecular weight excluding hydrogens is 497 g/mol. The van der Waals surface area contributed by atoms with Gasteiger partial charge in [0.15, 0.2) is 0 Å². The number of amides is 2. The number of hydrogen-bond acceptors (Lipinski definition) is 3. The van der Waals surface area contributed by atoms with Gasteiger partial charge in [-0.25, -0.2) is 0 Å². The maximum Gasteiger partial charge on any atom is 0.416 e. The van der Waals surface area contributed by atoms with Crippen LogP contribution in [0.25, 0.3) is 11.1 Å². The topological polar surface area (TPSA) is 86.7 Å². The van der Waals surface area contributed by atoms with Gasteiger partial charge >= 0.3 is 12.1 Å². The Morgan fingerprint density at radius 3 is 2.29 bits per heavy atom. The molecule has 0 bridgehead atoms. The highest BCUT2D eigenvalue weighted by Crippen LogP contribution is 2.44. The van der Waals surface area contributed by atoms with Gasteiger partial charge in [0.1, 0.15) is 0 Å². The lowest BCUT2D eigenvalue weighted by Crippen LogP contribution is -2.51.